The average Bonchev–Trinajstić information content (AvgIpc) is 2.74. The smallest absolute Gasteiger partial charge is 0.243 e. The normalized spacial score (nSPS) is 12.2. The zero-order valence-electron chi connectivity index (χ0n) is 16.9. The van der Waals surface area contributed by atoms with E-state index in [0.717, 1.165) is 23.8 Å². The molecule has 158 valence electrons. The lowest BCUT2D eigenvalue weighted by Crippen LogP contribution is -2.30. The predicted molar refractivity (Wildman–Crippen MR) is 116 cm³/mol. The molecule has 3 aromatic rings. The van der Waals surface area contributed by atoms with E-state index in [2.05, 4.69) is 11.9 Å². The van der Waals surface area contributed by atoms with E-state index in [-0.39, 0.29) is 22.9 Å². The van der Waals surface area contributed by atoms with Gasteiger partial charge in [-0.05, 0) is 47.4 Å². The fourth-order valence-electron chi connectivity index (χ4n) is 3.02. The number of aryl methyl sites for hydroxylation is 1. The standard InChI is InChI=1S/C22H24N2O4S2/c1-3-18-9-11-19(12-10-18)16-24(17-20-6-5-13-23-15-20)30(27,28)22-8-4-7-21(14-22)29(2,25)26/h4-15H,3,16-17H2,1-2H3. The number of nitrogens with zero attached hydrogens (tertiary/aromatic N) is 2. The number of aromatic nitrogens is 1. The molecule has 0 radical (unpaired) electrons. The van der Waals surface area contributed by atoms with E-state index in [1.54, 1.807) is 18.5 Å². The summed E-state index contributed by atoms with van der Waals surface area (Å²) in [4.78, 5) is 3.98. The van der Waals surface area contributed by atoms with Gasteiger partial charge in [0.2, 0.25) is 10.0 Å². The lowest BCUT2D eigenvalue weighted by atomic mass is 10.1. The van der Waals surface area contributed by atoms with Gasteiger partial charge in [0, 0.05) is 31.7 Å². The van der Waals surface area contributed by atoms with Crippen LogP contribution in [0, 0.1) is 0 Å². The molecule has 8 heteroatoms. The first kappa shape index (κ1) is 22.1. The van der Waals surface area contributed by atoms with Crippen molar-refractivity contribution in [3.8, 4) is 0 Å². The van der Waals surface area contributed by atoms with Crippen LogP contribution in [0.1, 0.15) is 23.6 Å². The molecule has 0 fully saturated rings. The number of sulfone groups is 1. The van der Waals surface area contributed by atoms with E-state index in [4.69, 9.17) is 0 Å². The first-order chi connectivity index (χ1) is 14.2. The van der Waals surface area contributed by atoms with Crippen LogP contribution in [0.2, 0.25) is 0 Å². The molecule has 0 aliphatic rings. The maximum absolute atomic E-state index is 13.5. The molecule has 0 aliphatic heterocycles. The first-order valence-electron chi connectivity index (χ1n) is 9.47. The van der Waals surface area contributed by atoms with E-state index in [9.17, 15) is 16.8 Å². The van der Waals surface area contributed by atoms with Crippen LogP contribution in [-0.4, -0.2) is 32.4 Å². The van der Waals surface area contributed by atoms with Gasteiger partial charge in [0.15, 0.2) is 9.84 Å². The number of benzene rings is 2. The summed E-state index contributed by atoms with van der Waals surface area (Å²) in [5, 5.41) is 0. The van der Waals surface area contributed by atoms with Crippen LogP contribution in [-0.2, 0) is 39.4 Å². The Labute approximate surface area is 178 Å². The summed E-state index contributed by atoms with van der Waals surface area (Å²) in [6.07, 6.45) is 5.20. The Morgan fingerprint density at radius 1 is 0.800 bits per heavy atom. The van der Waals surface area contributed by atoms with Crippen LogP contribution in [0.15, 0.2) is 82.8 Å². The Hall–Kier alpha value is -2.55. The number of rotatable bonds is 8. The molecular weight excluding hydrogens is 420 g/mol. The third-order valence-corrected chi connectivity index (χ3v) is 7.64. The molecule has 0 aliphatic carbocycles. The maximum Gasteiger partial charge on any atom is 0.243 e. The highest BCUT2D eigenvalue weighted by molar-refractivity contribution is 7.91. The van der Waals surface area contributed by atoms with E-state index < -0.39 is 19.9 Å². The van der Waals surface area contributed by atoms with Gasteiger partial charge in [0.05, 0.1) is 9.79 Å². The summed E-state index contributed by atoms with van der Waals surface area (Å²) in [6, 6.07) is 16.8. The summed E-state index contributed by atoms with van der Waals surface area (Å²) in [7, 11) is -7.48. The fraction of sp³-hybridized carbons (Fsp3) is 0.227. The minimum absolute atomic E-state index is 0.0304. The van der Waals surface area contributed by atoms with Gasteiger partial charge in [0.1, 0.15) is 0 Å². The van der Waals surface area contributed by atoms with Crippen molar-refractivity contribution in [2.75, 3.05) is 6.26 Å². The summed E-state index contributed by atoms with van der Waals surface area (Å²) >= 11 is 0. The summed E-state index contributed by atoms with van der Waals surface area (Å²) in [5.74, 6) is 0. The molecule has 0 saturated carbocycles. The molecule has 0 amide bonds. The maximum atomic E-state index is 13.5. The molecule has 0 atom stereocenters. The van der Waals surface area contributed by atoms with Crippen LogP contribution in [0.4, 0.5) is 0 Å². The van der Waals surface area contributed by atoms with Gasteiger partial charge in [-0.25, -0.2) is 16.8 Å². The number of hydrogen-bond acceptors (Lipinski definition) is 5. The van der Waals surface area contributed by atoms with E-state index >= 15 is 0 Å². The molecule has 1 heterocycles. The Balaban J connectivity index is 2.01. The second-order valence-electron chi connectivity index (χ2n) is 7.05. The van der Waals surface area contributed by atoms with Crippen molar-refractivity contribution in [2.24, 2.45) is 0 Å². The quantitative estimate of drug-likeness (QED) is 0.531. The van der Waals surface area contributed by atoms with Crippen LogP contribution in [0.3, 0.4) is 0 Å². The molecule has 3 rings (SSSR count). The van der Waals surface area contributed by atoms with Gasteiger partial charge in [-0.3, -0.25) is 4.98 Å². The number of hydrogen-bond donors (Lipinski definition) is 0. The molecule has 6 nitrogen and oxygen atoms in total. The average molecular weight is 445 g/mol. The van der Waals surface area contributed by atoms with Crippen molar-refractivity contribution in [2.45, 2.75) is 36.2 Å². The predicted octanol–water partition coefficient (Wildman–Crippen LogP) is 3.44. The monoisotopic (exact) mass is 444 g/mol. The number of pyridine rings is 1. The summed E-state index contributed by atoms with van der Waals surface area (Å²) < 4.78 is 52.1. The second kappa shape index (κ2) is 9.07. The molecular formula is C22H24N2O4S2. The van der Waals surface area contributed by atoms with Crippen molar-refractivity contribution in [3.63, 3.8) is 0 Å². The molecule has 0 saturated heterocycles. The Kier molecular flexibility index (Phi) is 6.70. The Morgan fingerprint density at radius 2 is 1.43 bits per heavy atom. The van der Waals surface area contributed by atoms with Crippen molar-refractivity contribution >= 4 is 19.9 Å². The van der Waals surface area contributed by atoms with Crippen LogP contribution in [0.25, 0.3) is 0 Å². The van der Waals surface area contributed by atoms with E-state index in [1.165, 1.54) is 34.1 Å². The van der Waals surface area contributed by atoms with Crippen LogP contribution in [0.5, 0.6) is 0 Å². The van der Waals surface area contributed by atoms with Gasteiger partial charge in [-0.1, -0.05) is 43.3 Å². The van der Waals surface area contributed by atoms with Gasteiger partial charge in [-0.2, -0.15) is 4.31 Å². The molecule has 0 spiro atoms. The molecule has 1 aromatic heterocycles. The zero-order chi connectivity index (χ0) is 21.8. The second-order valence-corrected chi connectivity index (χ2v) is 11.0. The Morgan fingerprint density at radius 3 is 2.03 bits per heavy atom. The molecule has 30 heavy (non-hydrogen) atoms. The SMILES string of the molecule is CCc1ccc(CN(Cc2cccnc2)S(=O)(=O)c2cccc(S(C)(=O)=O)c2)cc1. The fourth-order valence-corrected chi connectivity index (χ4v) is 5.22. The first-order valence-corrected chi connectivity index (χ1v) is 12.8. The van der Waals surface area contributed by atoms with Gasteiger partial charge >= 0.3 is 0 Å². The van der Waals surface area contributed by atoms with Gasteiger partial charge < -0.3 is 0 Å². The third kappa shape index (κ3) is 5.33. The zero-order valence-corrected chi connectivity index (χ0v) is 18.5. The van der Waals surface area contributed by atoms with Gasteiger partial charge in [-0.15, -0.1) is 0 Å². The van der Waals surface area contributed by atoms with Crippen molar-refractivity contribution in [3.05, 3.63) is 89.7 Å². The highest BCUT2D eigenvalue weighted by Gasteiger charge is 2.26. The lowest BCUT2D eigenvalue weighted by molar-refractivity contribution is 0.400. The van der Waals surface area contributed by atoms with Crippen molar-refractivity contribution in [1.29, 1.82) is 0 Å². The van der Waals surface area contributed by atoms with E-state index in [0.29, 0.717) is 0 Å². The van der Waals surface area contributed by atoms with Crippen LogP contribution < -0.4 is 0 Å². The number of sulfonamides is 1. The van der Waals surface area contributed by atoms with Gasteiger partial charge in [0.25, 0.3) is 0 Å². The highest BCUT2D eigenvalue weighted by atomic mass is 32.2. The molecule has 2 aromatic carbocycles. The Bertz CT molecular complexity index is 1210. The molecule has 0 bridgehead atoms. The van der Waals surface area contributed by atoms with Crippen LogP contribution >= 0.6 is 0 Å². The summed E-state index contributed by atoms with van der Waals surface area (Å²) in [6.45, 7) is 2.34. The van der Waals surface area contributed by atoms with E-state index in [1.807, 2.05) is 30.3 Å². The minimum atomic E-state index is -3.95. The largest absolute Gasteiger partial charge is 0.264 e. The molecule has 0 unspecified atom stereocenters. The molecule has 0 N–H and O–H groups in total. The lowest BCUT2D eigenvalue weighted by Gasteiger charge is -2.23. The minimum Gasteiger partial charge on any atom is -0.264 e. The third-order valence-electron chi connectivity index (χ3n) is 4.74. The highest BCUT2D eigenvalue weighted by Crippen LogP contribution is 2.23. The van der Waals surface area contributed by atoms with Crippen molar-refractivity contribution < 1.29 is 16.8 Å². The van der Waals surface area contributed by atoms with Crippen molar-refractivity contribution in [1.82, 2.24) is 9.29 Å². The topological polar surface area (TPSA) is 84.4 Å². The summed E-state index contributed by atoms with van der Waals surface area (Å²) in [5.41, 5.74) is 2.76.